The summed E-state index contributed by atoms with van der Waals surface area (Å²) in [6.07, 6.45) is 0. The summed E-state index contributed by atoms with van der Waals surface area (Å²) in [6, 6.07) is 3.44. The Labute approximate surface area is 90.7 Å². The van der Waals surface area contributed by atoms with E-state index in [4.69, 9.17) is 29.6 Å². The van der Waals surface area contributed by atoms with E-state index in [0.29, 0.717) is 16.5 Å². The van der Waals surface area contributed by atoms with E-state index in [1.807, 2.05) is 6.92 Å². The largest absolute Gasteiger partial charge is 0.388 e. The molecule has 0 unspecified atom stereocenters. The van der Waals surface area contributed by atoms with Gasteiger partial charge in [0, 0.05) is 0 Å². The maximum Gasteiger partial charge on any atom is 0.154 e. The van der Waals surface area contributed by atoms with Gasteiger partial charge in [-0.2, -0.15) is 5.10 Å². The molecule has 0 aromatic carbocycles. The van der Waals surface area contributed by atoms with Crippen LogP contribution in [0.15, 0.2) is 12.1 Å². The zero-order chi connectivity index (χ0) is 10.3. The van der Waals surface area contributed by atoms with E-state index in [-0.39, 0.29) is 4.99 Å². The molecule has 0 amide bonds. The van der Waals surface area contributed by atoms with Crippen molar-refractivity contribution in [2.45, 2.75) is 6.92 Å². The van der Waals surface area contributed by atoms with Gasteiger partial charge in [0.25, 0.3) is 0 Å². The lowest BCUT2D eigenvalue weighted by molar-refractivity contribution is 0.925. The molecule has 0 spiro atoms. The van der Waals surface area contributed by atoms with Crippen LogP contribution >= 0.6 is 23.8 Å². The molecule has 0 aliphatic carbocycles. The highest BCUT2D eigenvalue weighted by Gasteiger charge is 2.11. The monoisotopic (exact) mass is 226 g/mol. The Morgan fingerprint density at radius 1 is 1.57 bits per heavy atom. The van der Waals surface area contributed by atoms with Crippen molar-refractivity contribution in [3.8, 4) is 0 Å². The van der Waals surface area contributed by atoms with Gasteiger partial charge in [0.1, 0.15) is 15.8 Å². The SMILES string of the molecule is Cc1nc2ccc(Cl)nn2c1C(N)=S. The highest BCUT2D eigenvalue weighted by Crippen LogP contribution is 2.12. The van der Waals surface area contributed by atoms with Crippen LogP contribution in [-0.4, -0.2) is 19.6 Å². The molecule has 2 aromatic rings. The van der Waals surface area contributed by atoms with E-state index in [2.05, 4.69) is 10.1 Å². The molecule has 0 fully saturated rings. The molecular formula is C8H7ClN4S. The van der Waals surface area contributed by atoms with Crippen molar-refractivity contribution in [1.82, 2.24) is 14.6 Å². The molecule has 0 bridgehead atoms. The lowest BCUT2D eigenvalue weighted by Gasteiger charge is -1.98. The van der Waals surface area contributed by atoms with Gasteiger partial charge in [0.15, 0.2) is 5.65 Å². The number of fused-ring (bicyclic) bond motifs is 1. The van der Waals surface area contributed by atoms with Gasteiger partial charge in [-0.05, 0) is 19.1 Å². The van der Waals surface area contributed by atoms with E-state index in [9.17, 15) is 0 Å². The fraction of sp³-hybridized carbons (Fsp3) is 0.125. The standard InChI is InChI=1S/C8H7ClN4S/c1-4-7(8(10)14)13-6(11-4)3-2-5(9)12-13/h2-3H,1H3,(H2,10,14). The number of nitrogens with two attached hydrogens (primary N) is 1. The van der Waals surface area contributed by atoms with Crippen LogP contribution in [0.25, 0.3) is 5.65 Å². The average molecular weight is 227 g/mol. The van der Waals surface area contributed by atoms with Gasteiger partial charge in [0.05, 0.1) is 5.69 Å². The first-order valence-corrected chi connectivity index (χ1v) is 4.70. The van der Waals surface area contributed by atoms with E-state index in [1.165, 1.54) is 0 Å². The first-order valence-electron chi connectivity index (χ1n) is 3.91. The minimum Gasteiger partial charge on any atom is -0.388 e. The maximum absolute atomic E-state index is 5.76. The van der Waals surface area contributed by atoms with E-state index < -0.39 is 0 Å². The molecule has 2 aromatic heterocycles. The van der Waals surface area contributed by atoms with Crippen LogP contribution in [0.4, 0.5) is 0 Å². The second-order valence-electron chi connectivity index (χ2n) is 2.84. The molecule has 2 N–H and O–H groups in total. The topological polar surface area (TPSA) is 56.2 Å². The van der Waals surface area contributed by atoms with Crippen LogP contribution < -0.4 is 5.73 Å². The zero-order valence-corrected chi connectivity index (χ0v) is 8.93. The number of halogens is 1. The fourth-order valence-electron chi connectivity index (χ4n) is 1.30. The maximum atomic E-state index is 5.76. The summed E-state index contributed by atoms with van der Waals surface area (Å²) < 4.78 is 1.56. The first kappa shape index (κ1) is 9.36. The normalized spacial score (nSPS) is 10.7. The number of nitrogens with zero attached hydrogens (tertiary/aromatic N) is 3. The number of imidazole rings is 1. The van der Waals surface area contributed by atoms with E-state index in [1.54, 1.807) is 16.6 Å². The van der Waals surface area contributed by atoms with Crippen molar-refractivity contribution in [3.05, 3.63) is 28.7 Å². The summed E-state index contributed by atoms with van der Waals surface area (Å²) in [5.74, 6) is 0. The molecule has 2 rings (SSSR count). The predicted molar refractivity (Wildman–Crippen MR) is 58.6 cm³/mol. The van der Waals surface area contributed by atoms with Gasteiger partial charge in [-0.25, -0.2) is 9.50 Å². The summed E-state index contributed by atoms with van der Waals surface area (Å²) in [6.45, 7) is 1.83. The van der Waals surface area contributed by atoms with Crippen LogP contribution in [-0.2, 0) is 0 Å². The Balaban J connectivity index is 2.86. The Hall–Kier alpha value is -1.20. The first-order chi connectivity index (χ1) is 6.59. The molecule has 0 saturated carbocycles. The van der Waals surface area contributed by atoms with Gasteiger partial charge < -0.3 is 5.73 Å². The summed E-state index contributed by atoms with van der Waals surface area (Å²) in [7, 11) is 0. The Kier molecular flexibility index (Phi) is 2.13. The van der Waals surface area contributed by atoms with Crippen LogP contribution in [0.1, 0.15) is 11.4 Å². The van der Waals surface area contributed by atoms with E-state index in [0.717, 1.165) is 5.69 Å². The summed E-state index contributed by atoms with van der Waals surface area (Å²) in [5.41, 5.74) is 7.65. The molecule has 0 saturated heterocycles. The smallest absolute Gasteiger partial charge is 0.154 e. The van der Waals surface area contributed by atoms with Crippen LogP contribution in [0, 0.1) is 6.92 Å². The average Bonchev–Trinajstić information content (AvgIpc) is 2.40. The molecule has 0 aliphatic rings. The highest BCUT2D eigenvalue weighted by atomic mass is 35.5. The number of hydrogen-bond acceptors (Lipinski definition) is 3. The van der Waals surface area contributed by atoms with E-state index >= 15 is 0 Å². The third-order valence-corrected chi connectivity index (χ3v) is 2.25. The van der Waals surface area contributed by atoms with Gasteiger partial charge in [-0.3, -0.25) is 0 Å². The molecule has 14 heavy (non-hydrogen) atoms. The molecule has 0 radical (unpaired) electrons. The van der Waals surface area contributed by atoms with Crippen molar-refractivity contribution in [1.29, 1.82) is 0 Å². The quantitative estimate of drug-likeness (QED) is 0.746. The Bertz CT molecular complexity index is 519. The molecule has 0 aliphatic heterocycles. The lowest BCUT2D eigenvalue weighted by atomic mass is 10.3. The number of thiocarbonyl (C=S) groups is 1. The molecule has 72 valence electrons. The minimum atomic E-state index is 0.268. The van der Waals surface area contributed by atoms with Crippen molar-refractivity contribution in [2.75, 3.05) is 0 Å². The molecule has 0 atom stereocenters. The van der Waals surface area contributed by atoms with Gasteiger partial charge >= 0.3 is 0 Å². The molecule has 4 nitrogen and oxygen atoms in total. The number of rotatable bonds is 1. The lowest BCUT2D eigenvalue weighted by Crippen LogP contribution is -2.14. The second-order valence-corrected chi connectivity index (χ2v) is 3.66. The third kappa shape index (κ3) is 1.34. The third-order valence-electron chi connectivity index (χ3n) is 1.85. The predicted octanol–water partition coefficient (Wildman–Crippen LogP) is 1.33. The van der Waals surface area contributed by atoms with Crippen LogP contribution in [0.2, 0.25) is 5.15 Å². The van der Waals surface area contributed by atoms with Gasteiger partial charge in [-0.1, -0.05) is 23.8 Å². The van der Waals surface area contributed by atoms with Crippen molar-refractivity contribution < 1.29 is 0 Å². The molecule has 6 heteroatoms. The van der Waals surface area contributed by atoms with Gasteiger partial charge in [-0.15, -0.1) is 0 Å². The Morgan fingerprint density at radius 3 is 2.93 bits per heavy atom. The van der Waals surface area contributed by atoms with Crippen molar-refractivity contribution >= 4 is 34.5 Å². The zero-order valence-electron chi connectivity index (χ0n) is 7.36. The fourth-order valence-corrected chi connectivity index (χ4v) is 1.68. The van der Waals surface area contributed by atoms with Crippen LogP contribution in [0.5, 0.6) is 0 Å². The molecule has 2 heterocycles. The molecular weight excluding hydrogens is 220 g/mol. The van der Waals surface area contributed by atoms with Crippen molar-refractivity contribution in [3.63, 3.8) is 0 Å². The summed E-state index contributed by atoms with van der Waals surface area (Å²) in [4.78, 5) is 4.52. The second kappa shape index (κ2) is 3.18. The number of aromatic nitrogens is 3. The Morgan fingerprint density at radius 2 is 2.29 bits per heavy atom. The minimum absolute atomic E-state index is 0.268. The summed E-state index contributed by atoms with van der Waals surface area (Å²) in [5, 5.41) is 4.45. The van der Waals surface area contributed by atoms with Crippen molar-refractivity contribution in [2.24, 2.45) is 5.73 Å². The van der Waals surface area contributed by atoms with Crippen LogP contribution in [0.3, 0.4) is 0 Å². The highest BCUT2D eigenvalue weighted by molar-refractivity contribution is 7.80. The summed E-state index contributed by atoms with van der Waals surface area (Å²) >= 11 is 10.7. The van der Waals surface area contributed by atoms with Gasteiger partial charge in [0.2, 0.25) is 0 Å². The number of hydrogen-bond donors (Lipinski definition) is 1. The number of aryl methyl sites for hydroxylation is 1.